The van der Waals surface area contributed by atoms with Crippen LogP contribution in [0, 0.1) is 6.42 Å². The van der Waals surface area contributed by atoms with Gasteiger partial charge in [0.2, 0.25) is 0 Å². The zero-order chi connectivity index (χ0) is 11.2. The molecule has 0 unspecified atom stereocenters. The quantitative estimate of drug-likeness (QED) is 0.704. The third kappa shape index (κ3) is 2.40. The highest BCUT2D eigenvalue weighted by Crippen LogP contribution is 2.26. The van der Waals surface area contributed by atoms with E-state index in [2.05, 4.69) is 61.5 Å². The van der Waals surface area contributed by atoms with Gasteiger partial charge in [0.05, 0.1) is 0 Å². The fourth-order valence-electron chi connectivity index (χ4n) is 1.87. The molecule has 0 heterocycles. The van der Waals surface area contributed by atoms with Crippen molar-refractivity contribution in [3.8, 4) is 0 Å². The van der Waals surface area contributed by atoms with E-state index in [9.17, 15) is 0 Å². The Bertz CT molecular complexity index is 389. The summed E-state index contributed by atoms with van der Waals surface area (Å²) in [6, 6.07) is 21.0. The molecule has 0 atom stereocenters. The summed E-state index contributed by atoms with van der Waals surface area (Å²) in [5.41, 5.74) is 2.60. The number of hydrogen-bond acceptors (Lipinski definition) is 0. The Balaban J connectivity index is 2.35. The van der Waals surface area contributed by atoms with Crippen LogP contribution in [-0.2, 0) is 0 Å². The second kappa shape index (κ2) is 5.32. The first-order chi connectivity index (χ1) is 7.92. The Kier molecular flexibility index (Phi) is 3.55. The predicted molar refractivity (Wildman–Crippen MR) is 69.2 cm³/mol. The van der Waals surface area contributed by atoms with Crippen molar-refractivity contribution in [1.29, 1.82) is 0 Å². The second-order valence-corrected chi connectivity index (χ2v) is 3.73. The van der Waals surface area contributed by atoms with E-state index in [-0.39, 0.29) is 0 Å². The van der Waals surface area contributed by atoms with Crippen LogP contribution >= 0.6 is 0 Å². The molecule has 0 N–H and O–H groups in total. The maximum Gasteiger partial charge on any atom is 0.0158 e. The maximum atomic E-state index is 3.80. The van der Waals surface area contributed by atoms with Crippen LogP contribution in [0.2, 0.25) is 0 Å². The van der Waals surface area contributed by atoms with Gasteiger partial charge in [-0.25, -0.2) is 0 Å². The lowest BCUT2D eigenvalue weighted by atomic mass is 9.89. The summed E-state index contributed by atoms with van der Waals surface area (Å²) >= 11 is 0. The predicted octanol–water partition coefficient (Wildman–Crippen LogP) is 4.21. The van der Waals surface area contributed by atoms with E-state index in [1.54, 1.807) is 0 Å². The van der Waals surface area contributed by atoms with E-state index in [0.29, 0.717) is 5.92 Å². The fraction of sp³-hybridized carbons (Fsp3) is 0.0625. The summed E-state index contributed by atoms with van der Waals surface area (Å²) in [4.78, 5) is 0. The summed E-state index contributed by atoms with van der Waals surface area (Å²) in [6.07, 6.45) is 4.00. The lowest BCUT2D eigenvalue weighted by molar-refractivity contribution is 0.973. The standard InChI is InChI=1S/C16H15/c1-2-9-16(14-10-5-3-6-11-14)15-12-7-4-8-13-15/h2-13,16H,1H2. The fourth-order valence-corrected chi connectivity index (χ4v) is 1.87. The molecule has 0 aliphatic carbocycles. The Hall–Kier alpha value is -1.82. The number of allylic oxidation sites excluding steroid dienone is 1. The zero-order valence-electron chi connectivity index (χ0n) is 9.21. The van der Waals surface area contributed by atoms with E-state index in [1.807, 2.05) is 18.2 Å². The molecule has 0 fully saturated rings. The lowest BCUT2D eigenvalue weighted by Crippen LogP contribution is -2.00. The molecule has 0 nitrogen and oxygen atoms in total. The molecule has 16 heavy (non-hydrogen) atoms. The SMILES string of the molecule is C=C[CH]C(c1ccccc1)c1ccccc1. The Labute approximate surface area is 97.3 Å². The molecule has 0 amide bonds. The first kappa shape index (κ1) is 10.7. The molecule has 0 saturated heterocycles. The summed E-state index contributed by atoms with van der Waals surface area (Å²) in [5, 5.41) is 0. The molecule has 0 bridgehead atoms. The lowest BCUT2D eigenvalue weighted by Gasteiger charge is -2.15. The molecule has 2 rings (SSSR count). The van der Waals surface area contributed by atoms with Crippen molar-refractivity contribution in [2.75, 3.05) is 0 Å². The molecule has 2 aromatic rings. The average molecular weight is 207 g/mol. The van der Waals surface area contributed by atoms with E-state index >= 15 is 0 Å². The third-order valence-corrected chi connectivity index (χ3v) is 2.65. The van der Waals surface area contributed by atoms with Gasteiger partial charge in [-0.2, -0.15) is 0 Å². The first-order valence-electron chi connectivity index (χ1n) is 5.47. The van der Waals surface area contributed by atoms with Crippen molar-refractivity contribution in [2.24, 2.45) is 0 Å². The third-order valence-electron chi connectivity index (χ3n) is 2.65. The summed E-state index contributed by atoms with van der Waals surface area (Å²) < 4.78 is 0. The van der Waals surface area contributed by atoms with E-state index < -0.39 is 0 Å². The van der Waals surface area contributed by atoms with Gasteiger partial charge in [0.15, 0.2) is 0 Å². The molecule has 0 heteroatoms. The highest BCUT2D eigenvalue weighted by molar-refractivity contribution is 5.36. The van der Waals surface area contributed by atoms with Crippen molar-refractivity contribution in [3.05, 3.63) is 90.9 Å². The largest absolute Gasteiger partial charge is 0.103 e. The Morgan fingerprint density at radius 3 is 1.56 bits per heavy atom. The summed E-state index contributed by atoms with van der Waals surface area (Å²) in [5.74, 6) is 0.305. The van der Waals surface area contributed by atoms with Crippen LogP contribution in [0.5, 0.6) is 0 Å². The minimum atomic E-state index is 0.305. The minimum absolute atomic E-state index is 0.305. The summed E-state index contributed by atoms with van der Waals surface area (Å²) in [7, 11) is 0. The monoisotopic (exact) mass is 207 g/mol. The van der Waals surface area contributed by atoms with Crippen molar-refractivity contribution < 1.29 is 0 Å². The Morgan fingerprint density at radius 2 is 1.19 bits per heavy atom. The van der Waals surface area contributed by atoms with Crippen molar-refractivity contribution in [1.82, 2.24) is 0 Å². The molecule has 2 aromatic carbocycles. The molecule has 0 aliphatic heterocycles. The summed E-state index contributed by atoms with van der Waals surface area (Å²) in [6.45, 7) is 3.80. The van der Waals surface area contributed by atoms with Crippen molar-refractivity contribution in [2.45, 2.75) is 5.92 Å². The van der Waals surface area contributed by atoms with Crippen LogP contribution in [0.15, 0.2) is 73.3 Å². The van der Waals surface area contributed by atoms with Gasteiger partial charge in [0, 0.05) is 5.92 Å². The average Bonchev–Trinajstić information content (AvgIpc) is 2.38. The first-order valence-corrected chi connectivity index (χ1v) is 5.47. The molecular formula is C16H15. The molecule has 1 radical (unpaired) electrons. The van der Waals surface area contributed by atoms with Crippen LogP contribution in [0.3, 0.4) is 0 Å². The normalized spacial score (nSPS) is 10.3. The molecule has 0 aliphatic rings. The van der Waals surface area contributed by atoms with Gasteiger partial charge in [0.25, 0.3) is 0 Å². The number of rotatable bonds is 4. The number of hydrogen-bond donors (Lipinski definition) is 0. The van der Waals surface area contributed by atoms with Gasteiger partial charge in [0.1, 0.15) is 0 Å². The molecule has 79 valence electrons. The van der Waals surface area contributed by atoms with Gasteiger partial charge in [-0.3, -0.25) is 0 Å². The van der Waals surface area contributed by atoms with Gasteiger partial charge in [-0.1, -0.05) is 66.7 Å². The van der Waals surface area contributed by atoms with Gasteiger partial charge < -0.3 is 0 Å². The van der Waals surface area contributed by atoms with Crippen molar-refractivity contribution in [3.63, 3.8) is 0 Å². The highest BCUT2D eigenvalue weighted by Gasteiger charge is 2.11. The van der Waals surface area contributed by atoms with Crippen LogP contribution in [0.1, 0.15) is 17.0 Å². The van der Waals surface area contributed by atoms with E-state index in [1.165, 1.54) is 11.1 Å². The maximum absolute atomic E-state index is 3.80. The Morgan fingerprint density at radius 1 is 0.750 bits per heavy atom. The van der Waals surface area contributed by atoms with Crippen molar-refractivity contribution >= 4 is 0 Å². The molecule has 0 aromatic heterocycles. The molecule has 0 saturated carbocycles. The zero-order valence-corrected chi connectivity index (χ0v) is 9.21. The van der Waals surface area contributed by atoms with E-state index in [0.717, 1.165) is 0 Å². The van der Waals surface area contributed by atoms with Gasteiger partial charge in [-0.15, -0.1) is 6.58 Å². The second-order valence-electron chi connectivity index (χ2n) is 3.73. The van der Waals surface area contributed by atoms with Gasteiger partial charge in [-0.05, 0) is 17.5 Å². The van der Waals surface area contributed by atoms with E-state index in [4.69, 9.17) is 0 Å². The van der Waals surface area contributed by atoms with Crippen LogP contribution in [0.4, 0.5) is 0 Å². The molecule has 0 spiro atoms. The van der Waals surface area contributed by atoms with Crippen LogP contribution in [-0.4, -0.2) is 0 Å². The highest BCUT2D eigenvalue weighted by atomic mass is 14.1. The smallest absolute Gasteiger partial charge is 0.0158 e. The number of benzene rings is 2. The van der Waals surface area contributed by atoms with Crippen LogP contribution in [0.25, 0.3) is 0 Å². The molecular weight excluding hydrogens is 192 g/mol. The topological polar surface area (TPSA) is 0 Å². The minimum Gasteiger partial charge on any atom is -0.103 e. The van der Waals surface area contributed by atoms with Crippen LogP contribution < -0.4 is 0 Å². The van der Waals surface area contributed by atoms with Gasteiger partial charge >= 0.3 is 0 Å².